The summed E-state index contributed by atoms with van der Waals surface area (Å²) in [6, 6.07) is 8.23. The summed E-state index contributed by atoms with van der Waals surface area (Å²) in [5.74, 6) is 0.0275. The number of amides is 1. The van der Waals surface area contributed by atoms with E-state index in [-0.39, 0.29) is 18.3 Å². The molecule has 1 amide bonds. The molecule has 2 N–H and O–H groups in total. The van der Waals surface area contributed by atoms with Gasteiger partial charge in [-0.3, -0.25) is 4.79 Å². The van der Waals surface area contributed by atoms with Gasteiger partial charge in [0.1, 0.15) is 0 Å². The fourth-order valence-electron chi connectivity index (χ4n) is 1.67. The molecular weight excluding hydrogens is 264 g/mol. The zero-order valence-electron chi connectivity index (χ0n) is 11.6. The molecule has 0 heterocycles. The molecule has 0 fully saturated rings. The normalized spacial score (nSPS) is 9.79. The summed E-state index contributed by atoms with van der Waals surface area (Å²) in [6.45, 7) is 4.43. The smallest absolute Gasteiger partial charge is 0.233 e. The maximum Gasteiger partial charge on any atom is 0.233 e. The minimum atomic E-state index is 0. The van der Waals surface area contributed by atoms with Crippen LogP contribution >= 0.6 is 12.4 Å². The van der Waals surface area contributed by atoms with Gasteiger partial charge in [0, 0.05) is 20.2 Å². The lowest BCUT2D eigenvalue weighted by molar-refractivity contribution is -0.120. The lowest BCUT2D eigenvalue weighted by atomic mass is 10.1. The van der Waals surface area contributed by atoms with Crippen LogP contribution in [-0.4, -0.2) is 39.3 Å². The van der Waals surface area contributed by atoms with Gasteiger partial charge in [-0.05, 0) is 24.5 Å². The summed E-state index contributed by atoms with van der Waals surface area (Å²) in [6.07, 6.45) is 0.872. The molecule has 0 aliphatic rings. The van der Waals surface area contributed by atoms with Crippen LogP contribution in [0.5, 0.6) is 0 Å². The molecule has 4 nitrogen and oxygen atoms in total. The van der Waals surface area contributed by atoms with Gasteiger partial charge in [0.15, 0.2) is 0 Å². The Morgan fingerprint density at radius 2 is 2.00 bits per heavy atom. The fourth-order valence-corrected chi connectivity index (χ4v) is 1.67. The molecule has 108 valence electrons. The van der Waals surface area contributed by atoms with E-state index < -0.39 is 0 Å². The molecule has 0 aliphatic carbocycles. The van der Waals surface area contributed by atoms with E-state index in [9.17, 15) is 4.79 Å². The Morgan fingerprint density at radius 3 is 2.68 bits per heavy atom. The molecular formula is C14H23ClN2O2. The van der Waals surface area contributed by atoms with Crippen molar-refractivity contribution in [2.24, 2.45) is 0 Å². The van der Waals surface area contributed by atoms with Crippen LogP contribution in [-0.2, 0) is 16.0 Å². The maximum atomic E-state index is 11.5. The van der Waals surface area contributed by atoms with Gasteiger partial charge in [0.2, 0.25) is 5.91 Å². The number of aryl methyl sites for hydroxylation is 1. The summed E-state index contributed by atoms with van der Waals surface area (Å²) in [4.78, 5) is 11.5. The second kappa shape index (κ2) is 10.8. The van der Waals surface area contributed by atoms with Gasteiger partial charge in [-0.25, -0.2) is 0 Å². The highest BCUT2D eigenvalue weighted by molar-refractivity contribution is 5.85. The molecule has 0 bridgehead atoms. The van der Waals surface area contributed by atoms with Crippen LogP contribution in [0.4, 0.5) is 0 Å². The lowest BCUT2D eigenvalue weighted by Gasteiger charge is -2.08. The zero-order valence-corrected chi connectivity index (χ0v) is 12.4. The van der Waals surface area contributed by atoms with Gasteiger partial charge < -0.3 is 15.4 Å². The molecule has 0 aromatic heterocycles. The number of benzene rings is 1. The van der Waals surface area contributed by atoms with Gasteiger partial charge in [0.05, 0.1) is 13.2 Å². The molecule has 1 rings (SSSR count). The lowest BCUT2D eigenvalue weighted by Crippen LogP contribution is -2.36. The van der Waals surface area contributed by atoms with Gasteiger partial charge in [-0.1, -0.05) is 24.3 Å². The first-order chi connectivity index (χ1) is 8.74. The Morgan fingerprint density at radius 1 is 1.26 bits per heavy atom. The van der Waals surface area contributed by atoms with Crippen LogP contribution < -0.4 is 10.6 Å². The average Bonchev–Trinajstić information content (AvgIpc) is 2.37. The summed E-state index contributed by atoms with van der Waals surface area (Å²) in [7, 11) is 1.64. The summed E-state index contributed by atoms with van der Waals surface area (Å²) < 4.78 is 4.88. The van der Waals surface area contributed by atoms with E-state index in [2.05, 4.69) is 29.7 Å². The van der Waals surface area contributed by atoms with Crippen LogP contribution in [0.3, 0.4) is 0 Å². The molecule has 5 heteroatoms. The molecule has 0 saturated carbocycles. The molecule has 0 atom stereocenters. The van der Waals surface area contributed by atoms with E-state index in [0.29, 0.717) is 26.2 Å². The molecule has 1 aromatic carbocycles. The summed E-state index contributed by atoms with van der Waals surface area (Å²) in [5, 5.41) is 5.90. The van der Waals surface area contributed by atoms with Gasteiger partial charge in [-0.15, -0.1) is 12.4 Å². The Hall–Kier alpha value is -1.10. The number of hydrogen-bond donors (Lipinski definition) is 2. The number of carbonyl (C=O) groups excluding carboxylic acids is 1. The quantitative estimate of drug-likeness (QED) is 0.709. The van der Waals surface area contributed by atoms with Crippen LogP contribution in [0, 0.1) is 6.92 Å². The molecule has 1 aromatic rings. The van der Waals surface area contributed by atoms with Crippen LogP contribution in [0.1, 0.15) is 11.1 Å². The second-order valence-corrected chi connectivity index (χ2v) is 4.20. The maximum absolute atomic E-state index is 11.5. The van der Waals surface area contributed by atoms with Crippen molar-refractivity contribution in [1.82, 2.24) is 10.6 Å². The van der Waals surface area contributed by atoms with Crippen molar-refractivity contribution in [2.45, 2.75) is 13.3 Å². The topological polar surface area (TPSA) is 50.4 Å². The highest BCUT2D eigenvalue weighted by atomic mass is 35.5. The summed E-state index contributed by atoms with van der Waals surface area (Å²) >= 11 is 0. The largest absolute Gasteiger partial charge is 0.383 e. The van der Waals surface area contributed by atoms with Crippen LogP contribution in [0.25, 0.3) is 0 Å². The number of nitrogens with one attached hydrogen (secondary N) is 2. The predicted molar refractivity (Wildman–Crippen MR) is 79.9 cm³/mol. The predicted octanol–water partition coefficient (Wildman–Crippen LogP) is 1.31. The van der Waals surface area contributed by atoms with Crippen molar-refractivity contribution in [2.75, 3.05) is 33.4 Å². The number of ether oxygens (including phenoxy) is 1. The van der Waals surface area contributed by atoms with Crippen LogP contribution in [0.2, 0.25) is 0 Å². The van der Waals surface area contributed by atoms with Crippen LogP contribution in [0.15, 0.2) is 24.3 Å². The number of carbonyl (C=O) groups is 1. The highest BCUT2D eigenvalue weighted by Crippen LogP contribution is 2.06. The number of rotatable bonds is 8. The van der Waals surface area contributed by atoms with E-state index in [1.807, 2.05) is 12.1 Å². The Balaban J connectivity index is 0.00000324. The van der Waals surface area contributed by atoms with Crippen molar-refractivity contribution in [1.29, 1.82) is 0 Å². The monoisotopic (exact) mass is 286 g/mol. The molecule has 0 saturated heterocycles. The number of halogens is 1. The minimum Gasteiger partial charge on any atom is -0.383 e. The second-order valence-electron chi connectivity index (χ2n) is 4.20. The third kappa shape index (κ3) is 7.82. The first-order valence-electron chi connectivity index (χ1n) is 6.25. The van der Waals surface area contributed by atoms with E-state index in [1.165, 1.54) is 11.1 Å². The third-order valence-electron chi connectivity index (χ3n) is 2.75. The molecule has 19 heavy (non-hydrogen) atoms. The van der Waals surface area contributed by atoms with E-state index in [1.54, 1.807) is 7.11 Å². The standard InChI is InChI=1S/C14H22N2O2.ClH/c1-12-5-3-4-6-13(12)7-8-16-14(17)11-15-9-10-18-2;/h3-6,15H,7-11H2,1-2H3,(H,16,17);1H. The van der Waals surface area contributed by atoms with Crippen molar-refractivity contribution >= 4 is 18.3 Å². The Kier molecular flexibility index (Phi) is 10.2. The van der Waals surface area contributed by atoms with Crippen molar-refractivity contribution in [3.63, 3.8) is 0 Å². The van der Waals surface area contributed by atoms with Gasteiger partial charge in [0.25, 0.3) is 0 Å². The minimum absolute atomic E-state index is 0. The number of methoxy groups -OCH3 is 1. The van der Waals surface area contributed by atoms with Crippen molar-refractivity contribution in [3.8, 4) is 0 Å². The van der Waals surface area contributed by atoms with Crippen molar-refractivity contribution in [3.05, 3.63) is 35.4 Å². The first-order valence-corrected chi connectivity index (χ1v) is 6.25. The Bertz CT molecular complexity index is 372. The van der Waals surface area contributed by atoms with E-state index in [4.69, 9.17) is 4.74 Å². The first kappa shape index (κ1) is 17.9. The molecule has 0 aliphatic heterocycles. The number of hydrogen-bond acceptors (Lipinski definition) is 3. The van der Waals surface area contributed by atoms with Crippen molar-refractivity contribution < 1.29 is 9.53 Å². The summed E-state index contributed by atoms with van der Waals surface area (Å²) in [5.41, 5.74) is 2.55. The third-order valence-corrected chi connectivity index (χ3v) is 2.75. The molecule has 0 unspecified atom stereocenters. The molecule has 0 spiro atoms. The van der Waals surface area contributed by atoms with Gasteiger partial charge in [-0.2, -0.15) is 0 Å². The van der Waals surface area contributed by atoms with E-state index in [0.717, 1.165) is 6.42 Å². The fraction of sp³-hybridized carbons (Fsp3) is 0.500. The SMILES string of the molecule is COCCNCC(=O)NCCc1ccccc1C.Cl. The Labute approximate surface area is 121 Å². The van der Waals surface area contributed by atoms with E-state index >= 15 is 0 Å². The average molecular weight is 287 g/mol. The molecule has 0 radical (unpaired) electrons. The van der Waals surface area contributed by atoms with Gasteiger partial charge >= 0.3 is 0 Å². The zero-order chi connectivity index (χ0) is 13.2. The highest BCUT2D eigenvalue weighted by Gasteiger charge is 2.01.